The lowest BCUT2D eigenvalue weighted by molar-refractivity contribution is 0.112. The van der Waals surface area contributed by atoms with Gasteiger partial charge in [-0.15, -0.1) is 11.3 Å². The summed E-state index contributed by atoms with van der Waals surface area (Å²) in [7, 11) is 0. The van der Waals surface area contributed by atoms with Crippen molar-refractivity contribution in [3.05, 3.63) is 17.0 Å². The molecule has 0 N–H and O–H groups in total. The first-order valence-electron chi connectivity index (χ1n) is 5.35. The average Bonchev–Trinajstić information content (AvgIpc) is 2.69. The number of aldehydes is 1. The van der Waals surface area contributed by atoms with E-state index in [2.05, 4.69) is 31.7 Å². The summed E-state index contributed by atoms with van der Waals surface area (Å²) in [5.41, 5.74) is 0.227. The van der Waals surface area contributed by atoms with E-state index in [9.17, 15) is 4.79 Å². The van der Waals surface area contributed by atoms with Gasteiger partial charge < -0.3 is 4.90 Å². The molecule has 15 heavy (non-hydrogen) atoms. The highest BCUT2D eigenvalue weighted by atomic mass is 32.1. The van der Waals surface area contributed by atoms with Crippen LogP contribution in [-0.4, -0.2) is 18.4 Å². The van der Waals surface area contributed by atoms with Gasteiger partial charge in [0.05, 0.1) is 9.88 Å². The van der Waals surface area contributed by atoms with Crippen molar-refractivity contribution in [1.82, 2.24) is 0 Å². The minimum Gasteiger partial charge on any atom is -0.358 e. The van der Waals surface area contributed by atoms with E-state index in [4.69, 9.17) is 0 Å². The van der Waals surface area contributed by atoms with Crippen molar-refractivity contribution in [2.45, 2.75) is 32.7 Å². The van der Waals surface area contributed by atoms with Gasteiger partial charge in [0.2, 0.25) is 0 Å². The fourth-order valence-corrected chi connectivity index (χ4v) is 3.52. The van der Waals surface area contributed by atoms with Gasteiger partial charge >= 0.3 is 0 Å². The zero-order chi connectivity index (χ0) is 11.1. The molecular weight excluding hydrogens is 206 g/mol. The lowest BCUT2D eigenvalue weighted by atomic mass is 9.98. The first kappa shape index (κ1) is 10.7. The highest BCUT2D eigenvalue weighted by Crippen LogP contribution is 2.39. The third-order valence-electron chi connectivity index (χ3n) is 3.07. The van der Waals surface area contributed by atoms with Crippen LogP contribution in [0.15, 0.2) is 12.1 Å². The van der Waals surface area contributed by atoms with Crippen LogP contribution in [0.4, 0.5) is 5.00 Å². The molecule has 1 atom stereocenters. The van der Waals surface area contributed by atoms with Crippen molar-refractivity contribution in [3.63, 3.8) is 0 Å². The first-order valence-corrected chi connectivity index (χ1v) is 6.17. The third kappa shape index (κ3) is 1.93. The highest BCUT2D eigenvalue weighted by molar-refractivity contribution is 7.17. The van der Waals surface area contributed by atoms with Crippen molar-refractivity contribution < 1.29 is 4.79 Å². The Morgan fingerprint density at radius 1 is 1.53 bits per heavy atom. The van der Waals surface area contributed by atoms with Gasteiger partial charge in [0, 0.05) is 12.1 Å². The summed E-state index contributed by atoms with van der Waals surface area (Å²) in [5.74, 6) is 0.738. The molecule has 1 aromatic rings. The lowest BCUT2D eigenvalue weighted by Gasteiger charge is -2.32. The molecular formula is C12H17NOS. The largest absolute Gasteiger partial charge is 0.358 e. The molecule has 1 unspecified atom stereocenters. The van der Waals surface area contributed by atoms with Crippen LogP contribution >= 0.6 is 11.3 Å². The predicted molar refractivity (Wildman–Crippen MR) is 64.9 cm³/mol. The maximum absolute atomic E-state index is 10.7. The summed E-state index contributed by atoms with van der Waals surface area (Å²) < 4.78 is 0. The van der Waals surface area contributed by atoms with E-state index < -0.39 is 0 Å². The van der Waals surface area contributed by atoms with Gasteiger partial charge in [-0.05, 0) is 38.3 Å². The van der Waals surface area contributed by atoms with E-state index in [1.54, 1.807) is 11.3 Å². The lowest BCUT2D eigenvalue weighted by Crippen LogP contribution is -2.37. The van der Waals surface area contributed by atoms with E-state index in [0.29, 0.717) is 0 Å². The monoisotopic (exact) mass is 223 g/mol. The van der Waals surface area contributed by atoms with E-state index in [-0.39, 0.29) is 5.54 Å². The fraction of sp³-hybridized carbons (Fsp3) is 0.583. The second-order valence-corrected chi connectivity index (χ2v) is 6.12. The number of carbonyl (C=O) groups excluding carboxylic acids is 1. The summed E-state index contributed by atoms with van der Waals surface area (Å²) in [6, 6.07) is 3.97. The van der Waals surface area contributed by atoms with Gasteiger partial charge in [-0.2, -0.15) is 0 Å². The summed E-state index contributed by atoms with van der Waals surface area (Å²) in [6.45, 7) is 7.94. The molecule has 0 radical (unpaired) electrons. The summed E-state index contributed by atoms with van der Waals surface area (Å²) in [5, 5.41) is 1.23. The molecule has 1 aliphatic heterocycles. The Labute approximate surface area is 94.9 Å². The molecule has 0 saturated carbocycles. The Bertz CT molecular complexity index is 369. The summed E-state index contributed by atoms with van der Waals surface area (Å²) in [6.07, 6.45) is 2.15. The molecule has 82 valence electrons. The van der Waals surface area contributed by atoms with Crippen LogP contribution < -0.4 is 4.90 Å². The smallest absolute Gasteiger partial charge is 0.160 e. The predicted octanol–water partition coefficient (Wildman–Crippen LogP) is 3.19. The molecule has 0 aromatic carbocycles. The molecule has 2 rings (SSSR count). The Morgan fingerprint density at radius 2 is 2.27 bits per heavy atom. The fourth-order valence-electron chi connectivity index (χ4n) is 2.53. The van der Waals surface area contributed by atoms with Gasteiger partial charge in [-0.1, -0.05) is 6.92 Å². The minimum atomic E-state index is 0.227. The van der Waals surface area contributed by atoms with Crippen LogP contribution in [0.2, 0.25) is 0 Å². The second kappa shape index (κ2) is 3.63. The molecule has 0 amide bonds. The molecule has 2 heterocycles. The summed E-state index contributed by atoms with van der Waals surface area (Å²) in [4.78, 5) is 13.9. The van der Waals surface area contributed by atoms with E-state index in [0.717, 1.165) is 23.6 Å². The Morgan fingerprint density at radius 3 is 2.73 bits per heavy atom. The van der Waals surface area contributed by atoms with Crippen LogP contribution in [0.25, 0.3) is 0 Å². The number of nitrogens with zero attached hydrogens (tertiary/aromatic N) is 1. The maximum Gasteiger partial charge on any atom is 0.160 e. The number of hydrogen-bond donors (Lipinski definition) is 0. The molecule has 1 aliphatic rings. The molecule has 0 bridgehead atoms. The van der Waals surface area contributed by atoms with Crippen LogP contribution in [0.1, 0.15) is 36.9 Å². The number of hydrogen-bond acceptors (Lipinski definition) is 3. The first-order chi connectivity index (χ1) is 7.03. The summed E-state index contributed by atoms with van der Waals surface area (Å²) >= 11 is 1.59. The van der Waals surface area contributed by atoms with Crippen LogP contribution in [0, 0.1) is 5.92 Å². The Hall–Kier alpha value is -0.830. The molecule has 2 nitrogen and oxygen atoms in total. The number of carbonyl (C=O) groups is 1. The minimum absolute atomic E-state index is 0.227. The van der Waals surface area contributed by atoms with Gasteiger partial charge in [-0.3, -0.25) is 4.79 Å². The van der Waals surface area contributed by atoms with Crippen molar-refractivity contribution in [3.8, 4) is 0 Å². The van der Waals surface area contributed by atoms with Crippen molar-refractivity contribution in [2.75, 3.05) is 11.4 Å². The average molecular weight is 223 g/mol. The molecule has 3 heteroatoms. The normalized spacial score (nSPS) is 24.5. The maximum atomic E-state index is 10.7. The van der Waals surface area contributed by atoms with Gasteiger partial charge in [0.15, 0.2) is 6.29 Å². The van der Waals surface area contributed by atoms with E-state index in [1.165, 1.54) is 11.4 Å². The van der Waals surface area contributed by atoms with Crippen LogP contribution in [-0.2, 0) is 0 Å². The van der Waals surface area contributed by atoms with Gasteiger partial charge in [0.25, 0.3) is 0 Å². The molecule has 1 saturated heterocycles. The van der Waals surface area contributed by atoms with Crippen molar-refractivity contribution in [1.29, 1.82) is 0 Å². The topological polar surface area (TPSA) is 20.3 Å². The van der Waals surface area contributed by atoms with E-state index in [1.807, 2.05) is 6.07 Å². The number of anilines is 1. The molecule has 1 aromatic heterocycles. The van der Waals surface area contributed by atoms with E-state index >= 15 is 0 Å². The van der Waals surface area contributed by atoms with Gasteiger partial charge in [-0.25, -0.2) is 0 Å². The molecule has 1 fully saturated rings. The van der Waals surface area contributed by atoms with Gasteiger partial charge in [0.1, 0.15) is 0 Å². The van der Waals surface area contributed by atoms with Crippen molar-refractivity contribution in [2.24, 2.45) is 5.92 Å². The Kier molecular flexibility index (Phi) is 2.59. The Balaban J connectivity index is 2.27. The van der Waals surface area contributed by atoms with Crippen LogP contribution in [0.5, 0.6) is 0 Å². The zero-order valence-electron chi connectivity index (χ0n) is 9.49. The quantitative estimate of drug-likeness (QED) is 0.718. The third-order valence-corrected chi connectivity index (χ3v) is 4.10. The number of thiophene rings is 1. The molecule has 0 spiro atoms. The molecule has 0 aliphatic carbocycles. The number of rotatable bonds is 2. The highest BCUT2D eigenvalue weighted by Gasteiger charge is 2.36. The van der Waals surface area contributed by atoms with Crippen LogP contribution in [0.3, 0.4) is 0 Å². The SMILES string of the molecule is CC1CN(c2ccc(C=O)s2)C(C)(C)C1. The van der Waals surface area contributed by atoms with Crippen molar-refractivity contribution >= 4 is 22.6 Å². The second-order valence-electron chi connectivity index (χ2n) is 5.03. The standard InChI is InChI=1S/C12H17NOS/c1-9-6-12(2,3)13(7-9)11-5-4-10(8-14)15-11/h4-5,8-9H,6-7H2,1-3H3. The zero-order valence-corrected chi connectivity index (χ0v) is 10.3.